The fourth-order valence-corrected chi connectivity index (χ4v) is 3.88. The van der Waals surface area contributed by atoms with Crippen molar-refractivity contribution in [2.75, 3.05) is 13.1 Å². The van der Waals surface area contributed by atoms with Gasteiger partial charge in [-0.15, -0.1) is 10.2 Å². The van der Waals surface area contributed by atoms with E-state index in [1.165, 1.54) is 6.07 Å². The van der Waals surface area contributed by atoms with E-state index < -0.39 is 0 Å². The average Bonchev–Trinajstić information content (AvgIpc) is 3.10. The number of fused-ring (bicyclic) bond motifs is 2. The highest BCUT2D eigenvalue weighted by atomic mass is 19.1. The molecule has 4 rings (SSSR count). The lowest BCUT2D eigenvalue weighted by atomic mass is 10.1. The molecule has 3 heterocycles. The van der Waals surface area contributed by atoms with Crippen molar-refractivity contribution in [3.63, 3.8) is 0 Å². The zero-order valence-corrected chi connectivity index (χ0v) is 15.9. The molecule has 0 saturated carbocycles. The number of aryl methyl sites for hydroxylation is 1. The molecule has 1 aromatic carbocycles. The van der Waals surface area contributed by atoms with Crippen LogP contribution < -0.4 is 0 Å². The van der Waals surface area contributed by atoms with Crippen molar-refractivity contribution in [1.29, 1.82) is 0 Å². The molecular formula is C20H24FN5O. The van der Waals surface area contributed by atoms with Gasteiger partial charge in [0.15, 0.2) is 0 Å². The minimum Gasteiger partial charge on any atom is -0.356 e. The number of hydrogen-bond donors (Lipinski definition) is 1. The molecule has 0 bridgehead atoms. The third kappa shape index (κ3) is 3.11. The summed E-state index contributed by atoms with van der Waals surface area (Å²) < 4.78 is 16.1. The largest absolute Gasteiger partial charge is 0.356 e. The predicted octanol–water partition coefficient (Wildman–Crippen LogP) is 2.96. The smallest absolute Gasteiger partial charge is 0.227 e. The first-order valence-electron chi connectivity index (χ1n) is 9.41. The number of nitrogens with zero attached hydrogens (tertiary/aromatic N) is 4. The van der Waals surface area contributed by atoms with Crippen LogP contribution >= 0.6 is 0 Å². The Balaban J connectivity index is 1.53. The molecule has 27 heavy (non-hydrogen) atoms. The fraction of sp³-hybridized carbons (Fsp3) is 0.450. The van der Waals surface area contributed by atoms with Crippen LogP contribution in [0.3, 0.4) is 0 Å². The van der Waals surface area contributed by atoms with Gasteiger partial charge in [-0.3, -0.25) is 4.79 Å². The number of halogens is 1. The molecule has 1 N–H and O–H groups in total. The van der Waals surface area contributed by atoms with E-state index in [9.17, 15) is 9.18 Å². The van der Waals surface area contributed by atoms with Crippen LogP contribution in [0.1, 0.15) is 42.7 Å². The van der Waals surface area contributed by atoms with Gasteiger partial charge in [-0.25, -0.2) is 4.39 Å². The Morgan fingerprint density at radius 1 is 1.26 bits per heavy atom. The fourth-order valence-electron chi connectivity index (χ4n) is 3.88. The molecule has 0 saturated heterocycles. The highest BCUT2D eigenvalue weighted by Crippen LogP contribution is 2.25. The predicted molar refractivity (Wildman–Crippen MR) is 101 cm³/mol. The number of aromatic amines is 1. The first-order valence-corrected chi connectivity index (χ1v) is 9.41. The van der Waals surface area contributed by atoms with Gasteiger partial charge in [0.1, 0.15) is 17.5 Å². The van der Waals surface area contributed by atoms with E-state index >= 15 is 0 Å². The first kappa shape index (κ1) is 17.7. The number of rotatable bonds is 3. The molecule has 6 nitrogen and oxygen atoms in total. The number of nitrogens with one attached hydrogen (secondary N) is 1. The van der Waals surface area contributed by atoms with Crippen molar-refractivity contribution in [2.24, 2.45) is 0 Å². The molecule has 0 aliphatic carbocycles. The molecule has 0 atom stereocenters. The second-order valence-electron chi connectivity index (χ2n) is 7.48. The van der Waals surface area contributed by atoms with Crippen molar-refractivity contribution in [2.45, 2.75) is 46.1 Å². The highest BCUT2D eigenvalue weighted by Gasteiger charge is 2.24. The number of benzene rings is 1. The number of hydrogen-bond acceptors (Lipinski definition) is 3. The summed E-state index contributed by atoms with van der Waals surface area (Å²) in [5, 5.41) is 9.38. The van der Waals surface area contributed by atoms with Gasteiger partial charge in [0, 0.05) is 43.1 Å². The SMILES string of the molecule is Cc1[nH]c2c(F)cccc2c1CC(=O)N1CCc2nnc(C(C)C)n2CC1. The van der Waals surface area contributed by atoms with E-state index in [4.69, 9.17) is 0 Å². The Morgan fingerprint density at radius 3 is 2.85 bits per heavy atom. The molecule has 7 heteroatoms. The average molecular weight is 369 g/mol. The van der Waals surface area contributed by atoms with Crippen LogP contribution in [0.2, 0.25) is 0 Å². The Hall–Kier alpha value is -2.70. The molecule has 0 unspecified atom stereocenters. The van der Waals surface area contributed by atoms with Gasteiger partial charge >= 0.3 is 0 Å². The van der Waals surface area contributed by atoms with Gasteiger partial charge in [0.2, 0.25) is 5.91 Å². The van der Waals surface area contributed by atoms with Crippen molar-refractivity contribution in [1.82, 2.24) is 24.6 Å². The number of H-pyrrole nitrogens is 1. The second-order valence-corrected chi connectivity index (χ2v) is 7.48. The van der Waals surface area contributed by atoms with Crippen LogP contribution in [0.15, 0.2) is 18.2 Å². The van der Waals surface area contributed by atoms with E-state index in [2.05, 4.69) is 33.6 Å². The van der Waals surface area contributed by atoms with E-state index in [0.29, 0.717) is 37.5 Å². The van der Waals surface area contributed by atoms with Gasteiger partial charge in [-0.05, 0) is 18.6 Å². The van der Waals surface area contributed by atoms with E-state index in [1.807, 2.05) is 17.9 Å². The number of aromatic nitrogens is 4. The Labute approximate surface area is 157 Å². The standard InChI is InChI=1S/C20H24FN5O/c1-12(2)20-24-23-17-7-8-25(9-10-26(17)20)18(27)11-15-13(3)22-19-14(15)5-4-6-16(19)21/h4-6,12,22H,7-11H2,1-3H3. The van der Waals surface area contributed by atoms with Crippen molar-refractivity contribution in [3.05, 3.63) is 46.9 Å². The van der Waals surface area contributed by atoms with Crippen LogP contribution in [-0.4, -0.2) is 43.6 Å². The van der Waals surface area contributed by atoms with E-state index in [1.54, 1.807) is 6.07 Å². The number of amides is 1. The van der Waals surface area contributed by atoms with Gasteiger partial charge < -0.3 is 14.5 Å². The maximum atomic E-state index is 14.0. The van der Waals surface area contributed by atoms with Crippen molar-refractivity contribution < 1.29 is 9.18 Å². The number of carbonyl (C=O) groups excluding carboxylic acids is 1. The molecule has 3 aromatic rings. The van der Waals surface area contributed by atoms with Gasteiger partial charge in [-0.1, -0.05) is 26.0 Å². The van der Waals surface area contributed by atoms with E-state index in [0.717, 1.165) is 28.3 Å². The normalized spacial score (nSPS) is 14.6. The summed E-state index contributed by atoms with van der Waals surface area (Å²) in [6, 6.07) is 4.98. The summed E-state index contributed by atoms with van der Waals surface area (Å²) in [4.78, 5) is 17.9. The maximum Gasteiger partial charge on any atom is 0.227 e. The monoisotopic (exact) mass is 369 g/mol. The Kier molecular flexibility index (Phi) is 4.45. The van der Waals surface area contributed by atoms with Crippen LogP contribution in [-0.2, 0) is 24.2 Å². The van der Waals surface area contributed by atoms with E-state index in [-0.39, 0.29) is 18.1 Å². The van der Waals surface area contributed by atoms with Crippen LogP contribution in [0.5, 0.6) is 0 Å². The molecular weight excluding hydrogens is 345 g/mol. The lowest BCUT2D eigenvalue weighted by Gasteiger charge is -2.20. The number of carbonyl (C=O) groups is 1. The summed E-state index contributed by atoms with van der Waals surface area (Å²) in [7, 11) is 0. The van der Waals surface area contributed by atoms with Crippen LogP contribution in [0, 0.1) is 12.7 Å². The minimum absolute atomic E-state index is 0.0630. The third-order valence-corrected chi connectivity index (χ3v) is 5.36. The van der Waals surface area contributed by atoms with Crippen molar-refractivity contribution in [3.8, 4) is 0 Å². The zero-order valence-electron chi connectivity index (χ0n) is 15.9. The highest BCUT2D eigenvalue weighted by molar-refractivity contribution is 5.90. The maximum absolute atomic E-state index is 14.0. The molecule has 0 spiro atoms. The Morgan fingerprint density at radius 2 is 2.07 bits per heavy atom. The molecule has 1 amide bonds. The number of para-hydroxylation sites is 1. The first-order chi connectivity index (χ1) is 13.0. The van der Waals surface area contributed by atoms with Crippen LogP contribution in [0.4, 0.5) is 4.39 Å². The summed E-state index contributed by atoms with van der Waals surface area (Å²) in [6.07, 6.45) is 0.972. The topological polar surface area (TPSA) is 66.8 Å². The quantitative estimate of drug-likeness (QED) is 0.772. The molecule has 1 aliphatic rings. The molecule has 0 radical (unpaired) electrons. The summed E-state index contributed by atoms with van der Waals surface area (Å²) in [6.45, 7) is 8.07. The van der Waals surface area contributed by atoms with Crippen molar-refractivity contribution >= 4 is 16.8 Å². The molecule has 142 valence electrons. The van der Waals surface area contributed by atoms with Gasteiger partial charge in [-0.2, -0.15) is 0 Å². The lowest BCUT2D eigenvalue weighted by molar-refractivity contribution is -0.130. The summed E-state index contributed by atoms with van der Waals surface area (Å²) in [5.41, 5.74) is 2.19. The zero-order chi connectivity index (χ0) is 19.1. The van der Waals surface area contributed by atoms with Gasteiger partial charge in [0.05, 0.1) is 11.9 Å². The second kappa shape index (κ2) is 6.79. The third-order valence-electron chi connectivity index (χ3n) is 5.36. The van der Waals surface area contributed by atoms with Crippen LogP contribution in [0.25, 0.3) is 10.9 Å². The lowest BCUT2D eigenvalue weighted by Crippen LogP contribution is -2.35. The van der Waals surface area contributed by atoms with Gasteiger partial charge in [0.25, 0.3) is 0 Å². The molecule has 1 aliphatic heterocycles. The molecule has 0 fully saturated rings. The molecule has 2 aromatic heterocycles. The summed E-state index contributed by atoms with van der Waals surface area (Å²) >= 11 is 0. The minimum atomic E-state index is -0.289. The Bertz CT molecular complexity index is 1000. The summed E-state index contributed by atoms with van der Waals surface area (Å²) in [5.74, 6) is 2.00.